The highest BCUT2D eigenvalue weighted by Crippen LogP contribution is 2.41. The quantitative estimate of drug-likeness (QED) is 0.711. The number of nitrogens with one attached hydrogen (secondary N) is 1. The van der Waals surface area contributed by atoms with Gasteiger partial charge in [-0.25, -0.2) is 0 Å². The van der Waals surface area contributed by atoms with Crippen LogP contribution in [0.2, 0.25) is 0 Å². The van der Waals surface area contributed by atoms with Gasteiger partial charge in [-0.3, -0.25) is 19.4 Å². The molecule has 0 aromatic carbocycles. The molecule has 2 aromatic rings. The number of amides is 3. The molecule has 1 aliphatic carbocycles. The molecule has 10 nitrogen and oxygen atoms in total. The lowest BCUT2D eigenvalue weighted by molar-refractivity contribution is -0.141. The van der Waals surface area contributed by atoms with Gasteiger partial charge in [0.25, 0.3) is 0 Å². The number of hydrogen-bond acceptors (Lipinski definition) is 7. The first-order valence-electron chi connectivity index (χ1n) is 12.7. The first-order chi connectivity index (χ1) is 17.1. The summed E-state index contributed by atoms with van der Waals surface area (Å²) in [5.41, 5.74) is 0.764. The molecule has 5 rings (SSSR count). The Bertz CT molecular complexity index is 1060. The number of aromatic nitrogens is 3. The van der Waals surface area contributed by atoms with Crippen LogP contribution >= 0.6 is 0 Å². The molecule has 3 atom stereocenters. The Balaban J connectivity index is 1.38. The van der Waals surface area contributed by atoms with Gasteiger partial charge in [0.1, 0.15) is 0 Å². The minimum absolute atomic E-state index is 0.0264. The molecule has 2 saturated heterocycles. The summed E-state index contributed by atoms with van der Waals surface area (Å²) in [7, 11) is 0. The lowest BCUT2D eigenvalue weighted by Gasteiger charge is -2.33. The van der Waals surface area contributed by atoms with Gasteiger partial charge in [-0.05, 0) is 44.2 Å². The average Bonchev–Trinajstić information content (AvgIpc) is 3.61. The van der Waals surface area contributed by atoms with E-state index in [0.29, 0.717) is 50.6 Å². The van der Waals surface area contributed by atoms with E-state index in [0.717, 1.165) is 37.7 Å². The van der Waals surface area contributed by atoms with Crippen molar-refractivity contribution in [3.63, 3.8) is 0 Å². The number of carbonyl (C=O) groups excluding carboxylic acids is 3. The summed E-state index contributed by atoms with van der Waals surface area (Å²) in [5, 5.41) is 7.20. The average molecular weight is 481 g/mol. The molecule has 35 heavy (non-hydrogen) atoms. The molecule has 3 aliphatic rings. The number of fused-ring (bicyclic) bond motifs is 1. The van der Waals surface area contributed by atoms with E-state index in [9.17, 15) is 14.4 Å². The molecule has 10 heteroatoms. The second-order valence-electron chi connectivity index (χ2n) is 9.75. The third-order valence-electron chi connectivity index (χ3n) is 7.42. The van der Waals surface area contributed by atoms with E-state index < -0.39 is 0 Å². The van der Waals surface area contributed by atoms with Crippen molar-refractivity contribution in [1.82, 2.24) is 30.2 Å². The van der Waals surface area contributed by atoms with Crippen molar-refractivity contribution >= 4 is 17.7 Å². The highest BCUT2D eigenvalue weighted by Gasteiger charge is 2.46. The Hall–Kier alpha value is -3.30. The zero-order valence-electron chi connectivity index (χ0n) is 19.9. The summed E-state index contributed by atoms with van der Waals surface area (Å²) in [4.78, 5) is 51.1. The van der Waals surface area contributed by atoms with Crippen LogP contribution in [0.15, 0.2) is 29.0 Å². The Morgan fingerprint density at radius 1 is 1.11 bits per heavy atom. The van der Waals surface area contributed by atoms with E-state index in [1.807, 2.05) is 17.0 Å². The molecule has 2 aromatic heterocycles. The molecule has 0 radical (unpaired) electrons. The van der Waals surface area contributed by atoms with Crippen LogP contribution < -0.4 is 5.32 Å². The molecular weight excluding hydrogens is 448 g/mol. The summed E-state index contributed by atoms with van der Waals surface area (Å²) in [5.74, 6) is 0.394. The summed E-state index contributed by atoms with van der Waals surface area (Å²) < 4.78 is 5.62. The van der Waals surface area contributed by atoms with Crippen molar-refractivity contribution in [2.75, 3.05) is 26.2 Å². The van der Waals surface area contributed by atoms with Crippen LogP contribution in [0.5, 0.6) is 0 Å². The Morgan fingerprint density at radius 2 is 2.00 bits per heavy atom. The highest BCUT2D eigenvalue weighted by molar-refractivity contribution is 5.87. The standard InChI is InChI=1S/C25H32N6O4/c32-21-8-6-11-30(21)16-22(33)31-12-4-2-1-3-10-27-24(34)19-13-18(14-20(19)31)25-28-23(29-35-25)17-7-5-9-26-15-17/h5,7,9,15,18-20H,1-4,6,8,10-14,16H2,(H,27,34)/t18-,19-,20+/m1/s1. The van der Waals surface area contributed by atoms with E-state index in [1.165, 1.54) is 0 Å². The van der Waals surface area contributed by atoms with Gasteiger partial charge in [-0.2, -0.15) is 4.98 Å². The van der Waals surface area contributed by atoms with Crippen molar-refractivity contribution in [1.29, 1.82) is 0 Å². The third kappa shape index (κ3) is 5.21. The molecular formula is C25H32N6O4. The first kappa shape index (κ1) is 23.4. The van der Waals surface area contributed by atoms with E-state index in [2.05, 4.69) is 20.4 Å². The molecule has 1 N–H and O–H groups in total. The van der Waals surface area contributed by atoms with E-state index in [-0.39, 0.29) is 42.1 Å². The Kier molecular flexibility index (Phi) is 7.06. The van der Waals surface area contributed by atoms with Gasteiger partial charge >= 0.3 is 0 Å². The lowest BCUT2D eigenvalue weighted by Crippen LogP contribution is -2.50. The molecule has 0 spiro atoms. The number of likely N-dealkylation sites (tertiary alicyclic amines) is 1. The van der Waals surface area contributed by atoms with E-state index >= 15 is 0 Å². The van der Waals surface area contributed by atoms with Crippen molar-refractivity contribution < 1.29 is 18.9 Å². The molecule has 2 aliphatic heterocycles. The SMILES string of the molecule is O=C1NCCCCCCN(C(=O)CN2CCCC2=O)[C@H]2C[C@H](c3nc(-c4cccnc4)no3)C[C@@H]12. The summed E-state index contributed by atoms with van der Waals surface area (Å²) in [6, 6.07) is 3.42. The van der Waals surface area contributed by atoms with Crippen LogP contribution in [0.1, 0.15) is 63.2 Å². The maximum atomic E-state index is 13.5. The largest absolute Gasteiger partial charge is 0.356 e. The van der Waals surface area contributed by atoms with Crippen LogP contribution in [-0.4, -0.2) is 74.9 Å². The molecule has 1 saturated carbocycles. The lowest BCUT2D eigenvalue weighted by atomic mass is 10.00. The number of pyridine rings is 1. The minimum atomic E-state index is -0.356. The predicted molar refractivity (Wildman–Crippen MR) is 126 cm³/mol. The Morgan fingerprint density at radius 3 is 2.80 bits per heavy atom. The summed E-state index contributed by atoms with van der Waals surface area (Å²) >= 11 is 0. The van der Waals surface area contributed by atoms with Crippen LogP contribution in [-0.2, 0) is 14.4 Å². The first-order valence-corrected chi connectivity index (χ1v) is 12.7. The van der Waals surface area contributed by atoms with Gasteiger partial charge in [-0.15, -0.1) is 0 Å². The van der Waals surface area contributed by atoms with Gasteiger partial charge in [0, 0.05) is 56.0 Å². The maximum Gasteiger partial charge on any atom is 0.242 e. The van der Waals surface area contributed by atoms with Gasteiger partial charge in [0.05, 0.1) is 12.5 Å². The van der Waals surface area contributed by atoms with Gasteiger partial charge in [-0.1, -0.05) is 18.0 Å². The monoisotopic (exact) mass is 480 g/mol. The number of carbonyl (C=O) groups is 3. The summed E-state index contributed by atoms with van der Waals surface area (Å²) in [6.45, 7) is 1.94. The number of rotatable bonds is 4. The summed E-state index contributed by atoms with van der Waals surface area (Å²) in [6.07, 6.45) is 9.61. The highest BCUT2D eigenvalue weighted by atomic mass is 16.5. The third-order valence-corrected chi connectivity index (χ3v) is 7.42. The number of hydrogen-bond donors (Lipinski definition) is 1. The second kappa shape index (κ2) is 10.5. The fraction of sp³-hybridized carbons (Fsp3) is 0.600. The van der Waals surface area contributed by atoms with Gasteiger partial charge in [0.15, 0.2) is 0 Å². The topological polar surface area (TPSA) is 122 Å². The number of nitrogens with zero attached hydrogens (tertiary/aromatic N) is 5. The van der Waals surface area contributed by atoms with E-state index in [4.69, 9.17) is 4.52 Å². The molecule has 0 bridgehead atoms. The van der Waals surface area contributed by atoms with Crippen LogP contribution in [0.3, 0.4) is 0 Å². The molecule has 3 amide bonds. The zero-order chi connectivity index (χ0) is 24.2. The van der Waals surface area contributed by atoms with Crippen LogP contribution in [0.4, 0.5) is 0 Å². The van der Waals surface area contributed by atoms with Crippen molar-refractivity contribution in [2.24, 2.45) is 5.92 Å². The van der Waals surface area contributed by atoms with Crippen molar-refractivity contribution in [3.05, 3.63) is 30.4 Å². The Labute approximate surface area is 204 Å². The van der Waals surface area contributed by atoms with Gasteiger partial charge in [0.2, 0.25) is 29.4 Å². The van der Waals surface area contributed by atoms with Crippen LogP contribution in [0, 0.1) is 5.92 Å². The fourth-order valence-electron chi connectivity index (χ4n) is 5.56. The maximum absolute atomic E-state index is 13.5. The van der Waals surface area contributed by atoms with Crippen molar-refractivity contribution in [2.45, 2.75) is 63.3 Å². The van der Waals surface area contributed by atoms with Crippen molar-refractivity contribution in [3.8, 4) is 11.4 Å². The normalized spacial score (nSPS) is 25.8. The molecule has 3 fully saturated rings. The van der Waals surface area contributed by atoms with Crippen LogP contribution in [0.25, 0.3) is 11.4 Å². The molecule has 0 unspecified atom stereocenters. The minimum Gasteiger partial charge on any atom is -0.356 e. The van der Waals surface area contributed by atoms with Gasteiger partial charge < -0.3 is 19.6 Å². The smallest absolute Gasteiger partial charge is 0.242 e. The zero-order valence-corrected chi connectivity index (χ0v) is 19.9. The fourth-order valence-corrected chi connectivity index (χ4v) is 5.56. The molecule has 4 heterocycles. The van der Waals surface area contributed by atoms with E-state index in [1.54, 1.807) is 17.3 Å². The second-order valence-corrected chi connectivity index (χ2v) is 9.75. The predicted octanol–water partition coefficient (Wildman–Crippen LogP) is 2.13. The molecule has 186 valence electrons.